The molecule has 9 nitrogen and oxygen atoms in total. The third-order valence-corrected chi connectivity index (χ3v) is 10.3. The highest BCUT2D eigenvalue weighted by Crippen LogP contribution is 2.31. The van der Waals surface area contributed by atoms with Gasteiger partial charge in [-0.05, 0) is 64.5 Å². The van der Waals surface area contributed by atoms with Crippen LogP contribution in [-0.4, -0.2) is 90.6 Å². The molecule has 3 aliphatic rings. The first-order valence-electron chi connectivity index (χ1n) is 12.8. The van der Waals surface area contributed by atoms with Gasteiger partial charge in [-0.1, -0.05) is 6.92 Å². The molecule has 1 aliphatic carbocycles. The van der Waals surface area contributed by atoms with E-state index in [-0.39, 0.29) is 30.2 Å². The summed E-state index contributed by atoms with van der Waals surface area (Å²) < 4.78 is 25.7. The number of carbonyl (C=O) groups is 1. The van der Waals surface area contributed by atoms with Gasteiger partial charge in [0, 0.05) is 55.9 Å². The number of piperidine rings is 1. The lowest BCUT2D eigenvalue weighted by Gasteiger charge is -2.42. The minimum atomic E-state index is -3.12. The number of hydrogen-bond donors (Lipinski definition) is 2. The van der Waals surface area contributed by atoms with E-state index in [1.165, 1.54) is 24.2 Å². The van der Waals surface area contributed by atoms with E-state index in [1.807, 2.05) is 6.20 Å². The molecule has 0 radical (unpaired) electrons. The predicted molar refractivity (Wildman–Crippen MR) is 144 cm³/mol. The van der Waals surface area contributed by atoms with Crippen LogP contribution in [0.2, 0.25) is 0 Å². The lowest BCUT2D eigenvalue weighted by Crippen LogP contribution is -2.53. The van der Waals surface area contributed by atoms with E-state index < -0.39 is 10.0 Å². The zero-order valence-electron chi connectivity index (χ0n) is 20.9. The maximum atomic E-state index is 13.4. The molecule has 3 fully saturated rings. The minimum Gasteiger partial charge on any atom is -0.318 e. The summed E-state index contributed by atoms with van der Waals surface area (Å²) in [6, 6.07) is 0.593. The Bertz CT molecular complexity index is 908. The molecule has 0 aromatic carbocycles. The van der Waals surface area contributed by atoms with Crippen molar-refractivity contribution in [3.05, 3.63) is 11.1 Å². The Morgan fingerprint density at radius 3 is 2.37 bits per heavy atom. The average molecular weight is 549 g/mol. The summed E-state index contributed by atoms with van der Waals surface area (Å²) in [5.41, 5.74) is 0. The van der Waals surface area contributed by atoms with E-state index >= 15 is 0 Å². The van der Waals surface area contributed by atoms with Crippen LogP contribution in [-0.2, 0) is 16.6 Å². The summed E-state index contributed by atoms with van der Waals surface area (Å²) >= 11 is 1.52. The average Bonchev–Trinajstić information content (AvgIpc) is 3.28. The van der Waals surface area contributed by atoms with Gasteiger partial charge in [-0.3, -0.25) is 10.2 Å². The molecule has 2 N–H and O–H groups in total. The Morgan fingerprint density at radius 2 is 1.74 bits per heavy atom. The number of rotatable bonds is 7. The van der Waals surface area contributed by atoms with Crippen molar-refractivity contribution < 1.29 is 13.2 Å². The van der Waals surface area contributed by atoms with Crippen molar-refractivity contribution in [3.8, 4) is 0 Å². The molecule has 3 heterocycles. The Kier molecular flexibility index (Phi) is 10.6. The van der Waals surface area contributed by atoms with Crippen molar-refractivity contribution >= 4 is 44.9 Å². The Hall–Kier alpha value is -0.980. The van der Waals surface area contributed by atoms with E-state index in [0.29, 0.717) is 37.4 Å². The predicted octanol–water partition coefficient (Wildman–Crippen LogP) is 3.20. The van der Waals surface area contributed by atoms with Gasteiger partial charge in [0.2, 0.25) is 10.0 Å². The summed E-state index contributed by atoms with van der Waals surface area (Å²) in [7, 11) is -3.12. The zero-order valence-corrected chi connectivity index (χ0v) is 23.4. The molecular weight excluding hydrogens is 508 g/mol. The first-order valence-corrected chi connectivity index (χ1v) is 15.2. The third-order valence-electron chi connectivity index (χ3n) is 7.55. The fourth-order valence-electron chi connectivity index (χ4n) is 5.40. The van der Waals surface area contributed by atoms with Crippen LogP contribution in [0.3, 0.4) is 0 Å². The van der Waals surface area contributed by atoms with Crippen LogP contribution < -0.4 is 10.6 Å². The number of anilines is 1. The van der Waals surface area contributed by atoms with Crippen molar-refractivity contribution in [2.75, 3.05) is 50.3 Å². The molecule has 1 aromatic rings. The molecule has 35 heavy (non-hydrogen) atoms. The lowest BCUT2D eigenvalue weighted by molar-refractivity contribution is 0.108. The van der Waals surface area contributed by atoms with Crippen LogP contribution in [0.25, 0.3) is 0 Å². The maximum Gasteiger partial charge on any atom is 0.324 e. The quantitative estimate of drug-likeness (QED) is 0.543. The number of hydrogen-bond acceptors (Lipinski definition) is 7. The first kappa shape index (κ1) is 28.6. The molecule has 0 bridgehead atoms. The van der Waals surface area contributed by atoms with Crippen molar-refractivity contribution in [1.82, 2.24) is 24.4 Å². The van der Waals surface area contributed by atoms with Crippen LogP contribution in [0, 0.1) is 5.92 Å². The molecule has 0 unspecified atom stereocenters. The van der Waals surface area contributed by atoms with Gasteiger partial charge in [0.1, 0.15) is 0 Å². The molecule has 4 rings (SSSR count). The van der Waals surface area contributed by atoms with Crippen molar-refractivity contribution in [3.63, 3.8) is 0 Å². The smallest absolute Gasteiger partial charge is 0.318 e. The molecule has 2 amide bonds. The number of urea groups is 1. The summed E-state index contributed by atoms with van der Waals surface area (Å²) in [6.07, 6.45) is 8.39. The number of sulfonamides is 1. The Balaban J connectivity index is 0.00000342. The minimum absolute atomic E-state index is 0. The standard InChI is InChI=1S/C23H40N6O3S2.ClH/c1-3-34(31,32)28-14-12-27(13-15-28)17-21-16-25-22(33-21)26-23(30)29(20-8-10-24-11-9-20)19-6-4-18(2)5-7-19;/h16,18-20,24H,3-15,17H2,1-2H3,(H,25,26,30);1H. The summed E-state index contributed by atoms with van der Waals surface area (Å²) in [5.74, 6) is 0.902. The summed E-state index contributed by atoms with van der Waals surface area (Å²) in [6.45, 7) is 9.14. The monoisotopic (exact) mass is 548 g/mol. The maximum absolute atomic E-state index is 13.4. The van der Waals surface area contributed by atoms with Crippen molar-refractivity contribution in [2.45, 2.75) is 71.0 Å². The molecule has 2 saturated heterocycles. The van der Waals surface area contributed by atoms with Crippen molar-refractivity contribution in [1.29, 1.82) is 0 Å². The molecule has 200 valence electrons. The number of nitrogens with zero attached hydrogens (tertiary/aromatic N) is 4. The lowest BCUT2D eigenvalue weighted by atomic mass is 9.85. The largest absolute Gasteiger partial charge is 0.324 e. The van der Waals surface area contributed by atoms with Crippen LogP contribution >= 0.6 is 23.7 Å². The van der Waals surface area contributed by atoms with Gasteiger partial charge in [-0.2, -0.15) is 4.31 Å². The number of amides is 2. The van der Waals surface area contributed by atoms with E-state index in [1.54, 1.807) is 11.2 Å². The molecule has 1 aromatic heterocycles. The SMILES string of the molecule is CCS(=O)(=O)N1CCN(Cc2cnc(NC(=O)N(C3CCNCC3)C3CCC(C)CC3)s2)CC1.Cl. The van der Waals surface area contributed by atoms with E-state index in [2.05, 4.69) is 32.3 Å². The number of nitrogens with one attached hydrogen (secondary N) is 2. The Labute approximate surface area is 220 Å². The van der Waals surface area contributed by atoms with E-state index in [0.717, 1.165) is 56.1 Å². The second-order valence-corrected chi connectivity index (χ2v) is 13.3. The third kappa shape index (κ3) is 7.52. The molecule has 0 spiro atoms. The molecule has 2 aliphatic heterocycles. The van der Waals surface area contributed by atoms with Gasteiger partial charge < -0.3 is 10.2 Å². The van der Waals surface area contributed by atoms with Gasteiger partial charge >= 0.3 is 6.03 Å². The topological polar surface area (TPSA) is 97.9 Å². The second-order valence-electron chi connectivity index (χ2n) is 9.94. The number of thiazole rings is 1. The molecule has 0 atom stereocenters. The highest BCUT2D eigenvalue weighted by molar-refractivity contribution is 7.89. The molecule has 12 heteroatoms. The van der Waals surface area contributed by atoms with Crippen LogP contribution in [0.5, 0.6) is 0 Å². The number of halogens is 1. The van der Waals surface area contributed by atoms with Crippen LogP contribution in [0.1, 0.15) is 57.2 Å². The van der Waals surface area contributed by atoms with Gasteiger partial charge in [-0.25, -0.2) is 18.2 Å². The second kappa shape index (κ2) is 13.0. The van der Waals surface area contributed by atoms with E-state index in [4.69, 9.17) is 0 Å². The zero-order chi connectivity index (χ0) is 24.1. The van der Waals surface area contributed by atoms with Gasteiger partial charge in [0.05, 0.1) is 5.75 Å². The normalized spacial score (nSPS) is 25.1. The first-order chi connectivity index (χ1) is 16.4. The van der Waals surface area contributed by atoms with Gasteiger partial charge in [-0.15, -0.1) is 23.7 Å². The number of aromatic nitrogens is 1. The number of carbonyl (C=O) groups excluding carboxylic acids is 1. The highest BCUT2D eigenvalue weighted by Gasteiger charge is 2.34. The molecular formula is C23H41ClN6O3S2. The fraction of sp³-hybridized carbons (Fsp3) is 0.826. The van der Waals surface area contributed by atoms with Crippen LogP contribution in [0.15, 0.2) is 6.20 Å². The molecule has 1 saturated carbocycles. The highest BCUT2D eigenvalue weighted by atomic mass is 35.5. The van der Waals surface area contributed by atoms with Crippen molar-refractivity contribution in [2.24, 2.45) is 5.92 Å². The summed E-state index contributed by atoms with van der Waals surface area (Å²) in [4.78, 5) is 23.4. The fourth-order valence-corrected chi connectivity index (χ4v) is 7.33. The van der Waals surface area contributed by atoms with Crippen LogP contribution in [0.4, 0.5) is 9.93 Å². The summed E-state index contributed by atoms with van der Waals surface area (Å²) in [5, 5.41) is 7.17. The van der Waals surface area contributed by atoms with Gasteiger partial charge in [0.25, 0.3) is 0 Å². The number of piperazine rings is 1. The Morgan fingerprint density at radius 1 is 1.11 bits per heavy atom. The van der Waals surface area contributed by atoms with Gasteiger partial charge in [0.15, 0.2) is 5.13 Å². The van der Waals surface area contributed by atoms with E-state index in [9.17, 15) is 13.2 Å².